The summed E-state index contributed by atoms with van der Waals surface area (Å²) >= 11 is 0. The molecule has 2 unspecified atom stereocenters. The molecule has 5 heterocycles. The minimum absolute atomic E-state index is 0.0571. The van der Waals surface area contributed by atoms with Crippen LogP contribution in [0.4, 0.5) is 28.4 Å². The van der Waals surface area contributed by atoms with Crippen LogP contribution in [0.5, 0.6) is 0 Å². The van der Waals surface area contributed by atoms with E-state index in [4.69, 9.17) is 8.83 Å². The quantitative estimate of drug-likeness (QED) is 0.167. The van der Waals surface area contributed by atoms with Gasteiger partial charge in [0.2, 0.25) is 6.71 Å². The largest absolute Gasteiger partial charge is 0.456 e. The van der Waals surface area contributed by atoms with Crippen molar-refractivity contribution >= 4 is 95.4 Å². The Bertz CT molecular complexity index is 3140. The Morgan fingerprint density at radius 2 is 1.20 bits per heavy atom. The van der Waals surface area contributed by atoms with Crippen molar-refractivity contribution in [2.75, 3.05) is 9.80 Å². The van der Waals surface area contributed by atoms with Crippen LogP contribution in [0.1, 0.15) is 45.1 Å². The molecule has 1 fully saturated rings. The molecule has 3 aliphatic heterocycles. The van der Waals surface area contributed by atoms with Crippen molar-refractivity contribution in [1.29, 1.82) is 0 Å². The summed E-state index contributed by atoms with van der Waals surface area (Å²) in [5.41, 5.74) is 17.8. The summed E-state index contributed by atoms with van der Waals surface area (Å²) < 4.78 is 13.2. The zero-order chi connectivity index (χ0) is 36.2. The highest BCUT2D eigenvalue weighted by molar-refractivity contribution is 7.01. The van der Waals surface area contributed by atoms with Crippen molar-refractivity contribution in [3.05, 3.63) is 145 Å². The minimum Gasteiger partial charge on any atom is -0.456 e. The Labute approximate surface area is 319 Å². The van der Waals surface area contributed by atoms with Gasteiger partial charge in [-0.15, -0.1) is 0 Å². The fourth-order valence-corrected chi connectivity index (χ4v) is 11.5. The van der Waals surface area contributed by atoms with E-state index < -0.39 is 0 Å². The molecule has 0 amide bonds. The minimum atomic E-state index is -0.0571. The van der Waals surface area contributed by atoms with E-state index in [2.05, 4.69) is 157 Å². The van der Waals surface area contributed by atoms with Crippen LogP contribution in [0.2, 0.25) is 0 Å². The molecular weight excluding hydrogens is 671 g/mol. The zero-order valence-corrected chi connectivity index (χ0v) is 30.9. The van der Waals surface area contributed by atoms with Crippen molar-refractivity contribution < 1.29 is 8.83 Å². The van der Waals surface area contributed by atoms with Gasteiger partial charge in [-0.1, -0.05) is 110 Å². The highest BCUT2D eigenvalue weighted by atomic mass is 16.3. The highest BCUT2D eigenvalue weighted by Gasteiger charge is 2.58. The molecular formula is C50H37BN2O2. The van der Waals surface area contributed by atoms with Crippen LogP contribution in [0, 0.1) is 0 Å². The number of hydrogen-bond acceptors (Lipinski definition) is 4. The summed E-state index contributed by atoms with van der Waals surface area (Å²) in [4.78, 5) is 5.23. The van der Waals surface area contributed by atoms with Crippen molar-refractivity contribution in [2.45, 2.75) is 50.5 Å². The number of anilines is 5. The molecule has 5 heteroatoms. The number of nitrogens with zero attached hydrogens (tertiary/aromatic N) is 2. The van der Waals surface area contributed by atoms with E-state index in [-0.39, 0.29) is 17.7 Å². The molecule has 4 nitrogen and oxygen atoms in total. The van der Waals surface area contributed by atoms with E-state index in [1.807, 2.05) is 6.07 Å². The third-order valence-corrected chi connectivity index (χ3v) is 14.2. The number of para-hydroxylation sites is 3. The van der Waals surface area contributed by atoms with E-state index in [9.17, 15) is 0 Å². The topological polar surface area (TPSA) is 32.8 Å². The number of furan rings is 2. The van der Waals surface area contributed by atoms with Crippen molar-refractivity contribution in [2.24, 2.45) is 0 Å². The molecule has 0 N–H and O–H groups in total. The third kappa shape index (κ3) is 3.69. The first kappa shape index (κ1) is 30.2. The lowest BCUT2D eigenvalue weighted by atomic mass is 9.37. The maximum atomic E-state index is 6.63. The Balaban J connectivity index is 1.13. The summed E-state index contributed by atoms with van der Waals surface area (Å²) in [5, 5.41) is 4.58. The zero-order valence-electron chi connectivity index (χ0n) is 30.9. The van der Waals surface area contributed by atoms with Gasteiger partial charge in [-0.25, -0.2) is 0 Å². The molecule has 1 saturated carbocycles. The average Bonchev–Trinajstić information content (AvgIpc) is 3.93. The summed E-state index contributed by atoms with van der Waals surface area (Å²) in [6.45, 7) is 5.15. The second-order valence-corrected chi connectivity index (χ2v) is 16.7. The van der Waals surface area contributed by atoms with Gasteiger partial charge < -0.3 is 18.6 Å². The fraction of sp³-hybridized carbons (Fsp3) is 0.160. The smallest absolute Gasteiger partial charge is 0.248 e. The highest BCUT2D eigenvalue weighted by Crippen LogP contribution is 2.61. The molecule has 0 spiro atoms. The summed E-state index contributed by atoms with van der Waals surface area (Å²) in [7, 11) is 0. The number of fused-ring (bicyclic) bond motifs is 14. The van der Waals surface area contributed by atoms with E-state index in [0.29, 0.717) is 0 Å². The molecule has 13 rings (SSSR count). The lowest BCUT2D eigenvalue weighted by Gasteiger charge is -2.50. The molecule has 9 aromatic rings. The van der Waals surface area contributed by atoms with Crippen molar-refractivity contribution in [3.63, 3.8) is 0 Å². The number of rotatable bonds is 2. The maximum absolute atomic E-state index is 6.63. The van der Waals surface area contributed by atoms with E-state index >= 15 is 0 Å². The number of benzene rings is 7. The summed E-state index contributed by atoms with van der Waals surface area (Å²) in [5.74, 6) is 0. The van der Waals surface area contributed by atoms with Gasteiger partial charge in [0.1, 0.15) is 22.3 Å². The van der Waals surface area contributed by atoms with E-state index in [1.165, 1.54) is 69.4 Å². The molecule has 262 valence electrons. The molecule has 2 atom stereocenters. The van der Waals surface area contributed by atoms with Gasteiger partial charge in [0, 0.05) is 67.5 Å². The molecule has 55 heavy (non-hydrogen) atoms. The average molecular weight is 709 g/mol. The van der Waals surface area contributed by atoms with Gasteiger partial charge in [-0.05, 0) is 89.8 Å². The fourth-order valence-electron chi connectivity index (χ4n) is 11.5. The van der Waals surface area contributed by atoms with Gasteiger partial charge in [0.25, 0.3) is 0 Å². The van der Waals surface area contributed by atoms with Gasteiger partial charge in [-0.3, -0.25) is 0 Å². The van der Waals surface area contributed by atoms with Gasteiger partial charge in [0.05, 0.1) is 5.54 Å². The Kier molecular flexibility index (Phi) is 5.65. The first-order valence-electron chi connectivity index (χ1n) is 19.8. The van der Waals surface area contributed by atoms with Crippen LogP contribution in [-0.2, 0) is 5.41 Å². The molecule has 4 aliphatic rings. The predicted molar refractivity (Wildman–Crippen MR) is 229 cm³/mol. The number of hydrogen-bond donors (Lipinski definition) is 0. The van der Waals surface area contributed by atoms with Crippen LogP contribution < -0.4 is 26.2 Å². The van der Waals surface area contributed by atoms with Crippen LogP contribution in [-0.4, -0.2) is 12.3 Å². The monoisotopic (exact) mass is 708 g/mol. The van der Waals surface area contributed by atoms with E-state index in [0.717, 1.165) is 61.7 Å². The summed E-state index contributed by atoms with van der Waals surface area (Å²) in [6, 6.07) is 51.6. The SMILES string of the molecule is CC12CCCCC1(C)N(c1cc3c4c(c1)N(c1ccc5c(c1)oc1ccccc15)c1cc5oc6ccccc6c5cc1B4c1ccccc1-3)c1ccccc12. The second-order valence-electron chi connectivity index (χ2n) is 16.7. The van der Waals surface area contributed by atoms with Gasteiger partial charge in [-0.2, -0.15) is 0 Å². The third-order valence-electron chi connectivity index (χ3n) is 14.2. The molecule has 0 bridgehead atoms. The lowest BCUT2D eigenvalue weighted by Crippen LogP contribution is -2.55. The van der Waals surface area contributed by atoms with Gasteiger partial charge >= 0.3 is 0 Å². The first-order valence-corrected chi connectivity index (χ1v) is 19.8. The van der Waals surface area contributed by atoms with E-state index in [1.54, 1.807) is 0 Å². The molecule has 0 radical (unpaired) electrons. The first-order chi connectivity index (χ1) is 27.0. The molecule has 1 aliphatic carbocycles. The predicted octanol–water partition coefficient (Wildman–Crippen LogP) is 11.5. The van der Waals surface area contributed by atoms with Crippen molar-refractivity contribution in [1.82, 2.24) is 0 Å². The van der Waals surface area contributed by atoms with Crippen molar-refractivity contribution in [3.8, 4) is 11.1 Å². The van der Waals surface area contributed by atoms with Crippen LogP contribution in [0.25, 0.3) is 55.0 Å². The standard InChI is InChI=1S/C50H37BN2O2/c1-49-23-11-12-24-50(49,2)53(41-18-8-6-16-38(41)49)31-25-37-32-13-3-7-17-39(32)51-40-28-36-34-15-5-10-20-45(34)55-47(36)29-42(40)52(43(26-31)48(37)51)30-21-22-35-33-14-4-9-19-44(33)54-46(35)27-30/h3-10,13-22,25-29H,11-12,23-24H2,1-2H3. The Hall–Kier alpha value is -6.20. The normalized spacial score (nSPS) is 20.7. The van der Waals surface area contributed by atoms with Gasteiger partial charge in [0.15, 0.2) is 0 Å². The summed E-state index contributed by atoms with van der Waals surface area (Å²) in [6.07, 6.45) is 4.86. The molecule has 7 aromatic carbocycles. The molecule has 2 aromatic heterocycles. The maximum Gasteiger partial charge on any atom is 0.248 e. The molecule has 0 saturated heterocycles. The Morgan fingerprint density at radius 1 is 0.509 bits per heavy atom. The van der Waals surface area contributed by atoms with Crippen LogP contribution >= 0.6 is 0 Å². The van der Waals surface area contributed by atoms with Crippen LogP contribution in [0.3, 0.4) is 0 Å². The second kappa shape index (κ2) is 10.3. The Morgan fingerprint density at radius 3 is 2.05 bits per heavy atom. The lowest BCUT2D eigenvalue weighted by molar-refractivity contribution is 0.195. The van der Waals surface area contributed by atoms with Crippen LogP contribution in [0.15, 0.2) is 148 Å².